The maximum atomic E-state index is 12.7. The molecule has 0 amide bonds. The molecule has 1 aliphatic heterocycles. The molecule has 5 nitrogen and oxygen atoms in total. The van der Waals surface area contributed by atoms with Gasteiger partial charge in [0.05, 0.1) is 6.33 Å². The van der Waals surface area contributed by atoms with Crippen LogP contribution in [-0.4, -0.2) is 35.4 Å². The fraction of sp³-hybridized carbons (Fsp3) is 0.471. The zero-order valence-electron chi connectivity index (χ0n) is 13.4. The Morgan fingerprint density at radius 2 is 2.04 bits per heavy atom. The number of hydrogen-bond acceptors (Lipinski definition) is 3. The lowest BCUT2D eigenvalue weighted by atomic mass is 9.93. The van der Waals surface area contributed by atoms with Gasteiger partial charge < -0.3 is 4.57 Å². The summed E-state index contributed by atoms with van der Waals surface area (Å²) in [6.45, 7) is 1.20. The Bertz CT molecular complexity index is 740. The van der Waals surface area contributed by atoms with E-state index < -0.39 is 10.0 Å². The number of aryl methyl sites for hydroxylation is 2. The largest absolute Gasteiger partial charge is 0.339 e. The average molecular weight is 333 g/mol. The van der Waals surface area contributed by atoms with Crippen molar-refractivity contribution in [1.82, 2.24) is 13.9 Å². The van der Waals surface area contributed by atoms with E-state index in [2.05, 4.69) is 17.1 Å². The van der Waals surface area contributed by atoms with Crippen LogP contribution in [0, 0.1) is 5.92 Å². The molecule has 0 aliphatic carbocycles. The molecule has 0 N–H and O–H groups in total. The molecule has 1 fully saturated rings. The minimum Gasteiger partial charge on any atom is -0.339 e. The normalized spacial score (nSPS) is 19.8. The zero-order chi connectivity index (χ0) is 16.3. The lowest BCUT2D eigenvalue weighted by Crippen LogP contribution is -2.40. The third kappa shape index (κ3) is 3.82. The van der Waals surface area contributed by atoms with E-state index in [0.717, 1.165) is 25.7 Å². The summed E-state index contributed by atoms with van der Waals surface area (Å²) >= 11 is 0. The Hall–Kier alpha value is -1.66. The summed E-state index contributed by atoms with van der Waals surface area (Å²) < 4.78 is 28.6. The van der Waals surface area contributed by atoms with Gasteiger partial charge in [-0.1, -0.05) is 30.3 Å². The summed E-state index contributed by atoms with van der Waals surface area (Å²) in [7, 11) is -1.67. The van der Waals surface area contributed by atoms with Gasteiger partial charge in [-0.25, -0.2) is 13.4 Å². The maximum absolute atomic E-state index is 12.7. The topological polar surface area (TPSA) is 55.2 Å². The molecular formula is C17H23N3O2S. The third-order valence-corrected chi connectivity index (χ3v) is 6.20. The molecule has 6 heteroatoms. The van der Waals surface area contributed by atoms with E-state index in [1.165, 1.54) is 11.9 Å². The van der Waals surface area contributed by atoms with Gasteiger partial charge in [0, 0.05) is 26.3 Å². The van der Waals surface area contributed by atoms with Crippen LogP contribution in [0.15, 0.2) is 47.9 Å². The number of rotatable bonds is 5. The Labute approximate surface area is 138 Å². The van der Waals surface area contributed by atoms with Gasteiger partial charge in [0.25, 0.3) is 10.0 Å². The molecule has 2 aromatic rings. The van der Waals surface area contributed by atoms with Gasteiger partial charge in [-0.15, -0.1) is 0 Å². The smallest absolute Gasteiger partial charge is 0.262 e. The summed E-state index contributed by atoms with van der Waals surface area (Å²) in [4.78, 5) is 4.01. The Kier molecular flexibility index (Phi) is 4.82. The van der Waals surface area contributed by atoms with Gasteiger partial charge >= 0.3 is 0 Å². The molecule has 1 aromatic carbocycles. The second-order valence-corrected chi connectivity index (χ2v) is 8.16. The zero-order valence-corrected chi connectivity index (χ0v) is 14.2. The van der Waals surface area contributed by atoms with E-state index in [4.69, 9.17) is 0 Å². The molecule has 1 saturated heterocycles. The van der Waals surface area contributed by atoms with Crippen LogP contribution in [0.2, 0.25) is 0 Å². The van der Waals surface area contributed by atoms with Crippen molar-refractivity contribution in [3.05, 3.63) is 48.4 Å². The van der Waals surface area contributed by atoms with Gasteiger partial charge in [0.15, 0.2) is 5.03 Å². The van der Waals surface area contributed by atoms with Crippen molar-refractivity contribution in [1.29, 1.82) is 0 Å². The van der Waals surface area contributed by atoms with E-state index in [0.29, 0.717) is 19.0 Å². The molecule has 23 heavy (non-hydrogen) atoms. The average Bonchev–Trinajstić information content (AvgIpc) is 3.01. The van der Waals surface area contributed by atoms with Gasteiger partial charge in [-0.3, -0.25) is 0 Å². The molecule has 3 rings (SSSR count). The number of sulfonamides is 1. The van der Waals surface area contributed by atoms with Crippen molar-refractivity contribution in [2.45, 2.75) is 30.7 Å². The highest BCUT2D eigenvalue weighted by Gasteiger charge is 2.31. The predicted molar refractivity (Wildman–Crippen MR) is 89.5 cm³/mol. The minimum absolute atomic E-state index is 0.156. The summed E-state index contributed by atoms with van der Waals surface area (Å²) in [5.74, 6) is 0.419. The Morgan fingerprint density at radius 1 is 1.26 bits per heavy atom. The lowest BCUT2D eigenvalue weighted by Gasteiger charge is -2.31. The van der Waals surface area contributed by atoms with Crippen molar-refractivity contribution in [2.24, 2.45) is 13.0 Å². The van der Waals surface area contributed by atoms with Crippen LogP contribution in [0.25, 0.3) is 0 Å². The van der Waals surface area contributed by atoms with Crippen LogP contribution in [0.5, 0.6) is 0 Å². The number of benzene rings is 1. The molecule has 0 radical (unpaired) electrons. The molecule has 124 valence electrons. The predicted octanol–water partition coefficient (Wildman–Crippen LogP) is 2.45. The van der Waals surface area contributed by atoms with Gasteiger partial charge in [0.2, 0.25) is 0 Å². The van der Waals surface area contributed by atoms with Crippen molar-refractivity contribution >= 4 is 10.0 Å². The first-order chi connectivity index (χ1) is 11.1. The molecule has 0 bridgehead atoms. The maximum Gasteiger partial charge on any atom is 0.262 e. The van der Waals surface area contributed by atoms with Crippen LogP contribution in [0.4, 0.5) is 0 Å². The van der Waals surface area contributed by atoms with E-state index in [1.807, 2.05) is 18.2 Å². The number of hydrogen-bond donors (Lipinski definition) is 0. The standard InChI is InChI=1S/C17H23N3O2S/c1-19-13-17(18-14-19)23(21,22)20-11-5-8-16(12-20)10-9-15-6-3-2-4-7-15/h2-4,6-7,13-14,16H,5,8-12H2,1H3/t16-/m1/s1. The molecule has 0 spiro atoms. The lowest BCUT2D eigenvalue weighted by molar-refractivity contribution is 0.255. The Morgan fingerprint density at radius 3 is 2.74 bits per heavy atom. The van der Waals surface area contributed by atoms with Gasteiger partial charge in [-0.2, -0.15) is 4.31 Å². The summed E-state index contributed by atoms with van der Waals surface area (Å²) in [6, 6.07) is 10.4. The first kappa shape index (κ1) is 16.2. The minimum atomic E-state index is -3.46. The summed E-state index contributed by atoms with van der Waals surface area (Å²) in [5.41, 5.74) is 1.32. The fourth-order valence-electron chi connectivity index (χ4n) is 3.15. The molecule has 1 aliphatic rings. The second-order valence-electron chi connectivity index (χ2n) is 6.27. The summed E-state index contributed by atoms with van der Waals surface area (Å²) in [5, 5.41) is 0.156. The van der Waals surface area contributed by atoms with E-state index in [-0.39, 0.29) is 5.03 Å². The van der Waals surface area contributed by atoms with E-state index in [9.17, 15) is 8.42 Å². The first-order valence-electron chi connectivity index (χ1n) is 8.08. The van der Waals surface area contributed by atoms with Crippen molar-refractivity contribution < 1.29 is 8.42 Å². The summed E-state index contributed by atoms with van der Waals surface area (Å²) in [6.07, 6.45) is 7.15. The second kappa shape index (κ2) is 6.84. The molecule has 1 atom stereocenters. The number of nitrogens with zero attached hydrogens (tertiary/aromatic N) is 3. The molecule has 0 saturated carbocycles. The monoisotopic (exact) mass is 333 g/mol. The third-order valence-electron chi connectivity index (χ3n) is 4.45. The van der Waals surface area contributed by atoms with Crippen LogP contribution in [0.3, 0.4) is 0 Å². The van der Waals surface area contributed by atoms with Gasteiger partial charge in [0.1, 0.15) is 0 Å². The van der Waals surface area contributed by atoms with Crippen LogP contribution in [0.1, 0.15) is 24.8 Å². The fourth-order valence-corrected chi connectivity index (χ4v) is 4.67. The number of aromatic nitrogens is 2. The van der Waals surface area contributed by atoms with Crippen molar-refractivity contribution in [3.8, 4) is 0 Å². The quantitative estimate of drug-likeness (QED) is 0.844. The SMILES string of the molecule is Cn1cnc(S(=O)(=O)N2CCC[C@H](CCc3ccccc3)C2)c1. The van der Waals surface area contributed by atoms with Crippen LogP contribution >= 0.6 is 0 Å². The van der Waals surface area contributed by atoms with E-state index in [1.54, 1.807) is 22.1 Å². The van der Waals surface area contributed by atoms with Crippen LogP contribution < -0.4 is 0 Å². The first-order valence-corrected chi connectivity index (χ1v) is 9.52. The number of imidazole rings is 1. The highest BCUT2D eigenvalue weighted by atomic mass is 32.2. The van der Waals surface area contributed by atoms with Crippen molar-refractivity contribution in [3.63, 3.8) is 0 Å². The number of piperidine rings is 1. The molecule has 2 heterocycles. The molecular weight excluding hydrogens is 310 g/mol. The molecule has 0 unspecified atom stereocenters. The Balaban J connectivity index is 1.64. The highest BCUT2D eigenvalue weighted by Crippen LogP contribution is 2.25. The highest BCUT2D eigenvalue weighted by molar-refractivity contribution is 7.89. The molecule has 1 aromatic heterocycles. The van der Waals surface area contributed by atoms with Crippen LogP contribution in [-0.2, 0) is 23.5 Å². The van der Waals surface area contributed by atoms with E-state index >= 15 is 0 Å². The van der Waals surface area contributed by atoms with Gasteiger partial charge in [-0.05, 0) is 37.2 Å². The van der Waals surface area contributed by atoms with Crippen molar-refractivity contribution in [2.75, 3.05) is 13.1 Å².